The largest absolute Gasteiger partial charge is 0.392 e. The maximum atomic E-state index is 13.6. The maximum absolute atomic E-state index is 13.6. The van der Waals surface area contributed by atoms with Gasteiger partial charge in [0.05, 0.1) is 6.10 Å². The van der Waals surface area contributed by atoms with Crippen molar-refractivity contribution in [1.29, 1.82) is 0 Å². The van der Waals surface area contributed by atoms with Gasteiger partial charge in [-0.05, 0) is 38.0 Å². The molecule has 4 heteroatoms. The van der Waals surface area contributed by atoms with Crippen LogP contribution in [-0.2, 0) is 0 Å². The Morgan fingerprint density at radius 3 is 2.53 bits per heavy atom. The van der Waals surface area contributed by atoms with Crippen LogP contribution in [-0.4, -0.2) is 17.8 Å². The topological polar surface area (TPSA) is 32.3 Å². The van der Waals surface area contributed by atoms with Crippen molar-refractivity contribution in [3.8, 4) is 0 Å². The number of rotatable bonds is 5. The Morgan fingerprint density at radius 1 is 1.29 bits per heavy atom. The average Bonchev–Trinajstić information content (AvgIpc) is 2.30. The molecule has 0 amide bonds. The second-order valence-corrected chi connectivity index (χ2v) is 4.31. The number of halogens is 2. The summed E-state index contributed by atoms with van der Waals surface area (Å²) in [5, 5.41) is 12.4. The van der Waals surface area contributed by atoms with E-state index < -0.39 is 17.7 Å². The average molecular weight is 243 g/mol. The van der Waals surface area contributed by atoms with Crippen LogP contribution in [0.1, 0.15) is 37.4 Å². The first kappa shape index (κ1) is 14.1. The van der Waals surface area contributed by atoms with E-state index in [4.69, 9.17) is 0 Å². The van der Waals surface area contributed by atoms with Gasteiger partial charge in [0.25, 0.3) is 0 Å². The number of nitrogens with one attached hydrogen (secondary N) is 1. The summed E-state index contributed by atoms with van der Waals surface area (Å²) in [6.45, 7) is 5.51. The van der Waals surface area contributed by atoms with E-state index in [9.17, 15) is 13.9 Å². The van der Waals surface area contributed by atoms with Crippen molar-refractivity contribution in [2.45, 2.75) is 39.3 Å². The number of hydrogen-bond donors (Lipinski definition) is 2. The molecule has 0 aromatic heterocycles. The van der Waals surface area contributed by atoms with Crippen molar-refractivity contribution in [1.82, 2.24) is 5.32 Å². The van der Waals surface area contributed by atoms with E-state index in [0.29, 0.717) is 18.5 Å². The van der Waals surface area contributed by atoms with Gasteiger partial charge in [0, 0.05) is 18.2 Å². The third-order valence-corrected chi connectivity index (χ3v) is 2.88. The van der Waals surface area contributed by atoms with Gasteiger partial charge in [-0.25, -0.2) is 8.78 Å². The molecule has 2 N–H and O–H groups in total. The maximum Gasteiger partial charge on any atom is 0.128 e. The van der Waals surface area contributed by atoms with Gasteiger partial charge < -0.3 is 10.4 Å². The Bertz CT molecular complexity index is 382. The fourth-order valence-electron chi connectivity index (χ4n) is 1.56. The lowest BCUT2D eigenvalue weighted by atomic mass is 10.0. The summed E-state index contributed by atoms with van der Waals surface area (Å²) < 4.78 is 27.0. The van der Waals surface area contributed by atoms with E-state index in [1.54, 1.807) is 6.92 Å². The normalized spacial score (nSPS) is 14.7. The number of aliphatic hydroxyl groups excluding tert-OH is 1. The lowest BCUT2D eigenvalue weighted by Crippen LogP contribution is -2.29. The third kappa shape index (κ3) is 3.75. The second kappa shape index (κ2) is 6.07. The van der Waals surface area contributed by atoms with E-state index >= 15 is 0 Å². The van der Waals surface area contributed by atoms with Crippen LogP contribution in [0.15, 0.2) is 12.1 Å². The van der Waals surface area contributed by atoms with E-state index in [-0.39, 0.29) is 11.6 Å². The number of aryl methyl sites for hydroxylation is 1. The van der Waals surface area contributed by atoms with Crippen molar-refractivity contribution in [3.05, 3.63) is 34.9 Å². The molecule has 0 saturated heterocycles. The Balaban J connectivity index is 2.75. The third-order valence-electron chi connectivity index (χ3n) is 2.88. The zero-order chi connectivity index (χ0) is 13.0. The van der Waals surface area contributed by atoms with Gasteiger partial charge in [-0.1, -0.05) is 6.92 Å². The van der Waals surface area contributed by atoms with Gasteiger partial charge in [-0.15, -0.1) is 0 Å². The van der Waals surface area contributed by atoms with Gasteiger partial charge in [0.1, 0.15) is 11.6 Å². The minimum atomic E-state index is -0.462. The Kier molecular flexibility index (Phi) is 5.02. The molecule has 0 spiro atoms. The van der Waals surface area contributed by atoms with Gasteiger partial charge in [-0.3, -0.25) is 0 Å². The summed E-state index contributed by atoms with van der Waals surface area (Å²) in [6, 6.07) is 2.08. The summed E-state index contributed by atoms with van der Waals surface area (Å²) in [7, 11) is 0. The summed E-state index contributed by atoms with van der Waals surface area (Å²) >= 11 is 0. The zero-order valence-corrected chi connectivity index (χ0v) is 10.4. The van der Waals surface area contributed by atoms with E-state index in [2.05, 4.69) is 5.32 Å². The molecular weight excluding hydrogens is 224 g/mol. The van der Waals surface area contributed by atoms with E-state index in [0.717, 1.165) is 0 Å². The van der Waals surface area contributed by atoms with Crippen LogP contribution >= 0.6 is 0 Å². The van der Waals surface area contributed by atoms with E-state index in [1.807, 2.05) is 6.92 Å². The van der Waals surface area contributed by atoms with Crippen LogP contribution in [0.4, 0.5) is 8.78 Å². The first-order valence-electron chi connectivity index (χ1n) is 5.82. The monoisotopic (exact) mass is 243 g/mol. The molecule has 1 aromatic rings. The summed E-state index contributed by atoms with van der Waals surface area (Å²) in [5.74, 6) is -0.832. The number of benzene rings is 1. The highest BCUT2D eigenvalue weighted by atomic mass is 19.1. The Morgan fingerprint density at radius 2 is 1.94 bits per heavy atom. The molecule has 2 atom stereocenters. The first-order chi connectivity index (χ1) is 7.95. The molecule has 0 aliphatic carbocycles. The summed E-state index contributed by atoms with van der Waals surface area (Å²) in [6.07, 6.45) is 0.167. The first-order valence-corrected chi connectivity index (χ1v) is 5.82. The molecule has 1 aromatic carbocycles. The molecular formula is C13H19F2NO. The number of aliphatic hydroxyl groups is 1. The SMILES string of the molecule is CCC(O)CNC(C)c1cc(F)c(C)cc1F. The van der Waals surface area contributed by atoms with Crippen molar-refractivity contribution < 1.29 is 13.9 Å². The van der Waals surface area contributed by atoms with Gasteiger partial charge >= 0.3 is 0 Å². The van der Waals surface area contributed by atoms with Crippen LogP contribution in [0.5, 0.6) is 0 Å². The molecule has 0 saturated carbocycles. The lowest BCUT2D eigenvalue weighted by molar-refractivity contribution is 0.163. The fourth-order valence-corrected chi connectivity index (χ4v) is 1.56. The highest BCUT2D eigenvalue weighted by Crippen LogP contribution is 2.20. The molecule has 2 nitrogen and oxygen atoms in total. The van der Waals surface area contributed by atoms with Crippen molar-refractivity contribution in [2.75, 3.05) is 6.54 Å². The number of hydrogen-bond acceptors (Lipinski definition) is 2. The highest BCUT2D eigenvalue weighted by molar-refractivity contribution is 5.27. The molecule has 1 rings (SSSR count). The second-order valence-electron chi connectivity index (χ2n) is 4.31. The van der Waals surface area contributed by atoms with Gasteiger partial charge in [-0.2, -0.15) is 0 Å². The molecule has 0 aliphatic heterocycles. The molecule has 0 aliphatic rings. The quantitative estimate of drug-likeness (QED) is 0.833. The zero-order valence-electron chi connectivity index (χ0n) is 10.4. The lowest BCUT2D eigenvalue weighted by Gasteiger charge is -2.17. The smallest absolute Gasteiger partial charge is 0.128 e. The van der Waals surface area contributed by atoms with Crippen LogP contribution in [0.2, 0.25) is 0 Å². The molecule has 0 heterocycles. The predicted molar refractivity (Wildman–Crippen MR) is 63.8 cm³/mol. The molecule has 17 heavy (non-hydrogen) atoms. The van der Waals surface area contributed by atoms with Crippen molar-refractivity contribution in [2.24, 2.45) is 0 Å². The fraction of sp³-hybridized carbons (Fsp3) is 0.538. The molecule has 0 bridgehead atoms. The summed E-state index contributed by atoms with van der Waals surface area (Å²) in [4.78, 5) is 0. The predicted octanol–water partition coefficient (Wildman–Crippen LogP) is 2.69. The minimum absolute atomic E-state index is 0.288. The highest BCUT2D eigenvalue weighted by Gasteiger charge is 2.14. The van der Waals surface area contributed by atoms with Crippen LogP contribution in [0.3, 0.4) is 0 Å². The van der Waals surface area contributed by atoms with Gasteiger partial charge in [0.2, 0.25) is 0 Å². The molecule has 2 unspecified atom stereocenters. The standard InChI is InChI=1S/C13H19F2NO/c1-4-10(17)7-16-9(3)11-6-12(14)8(2)5-13(11)15/h5-6,9-10,16-17H,4,7H2,1-3H3. The minimum Gasteiger partial charge on any atom is -0.392 e. The van der Waals surface area contributed by atoms with Crippen LogP contribution in [0, 0.1) is 18.6 Å². The van der Waals surface area contributed by atoms with Crippen LogP contribution < -0.4 is 5.32 Å². The Labute approximate surface area is 101 Å². The van der Waals surface area contributed by atoms with E-state index in [1.165, 1.54) is 19.1 Å². The molecule has 96 valence electrons. The Hall–Kier alpha value is -1.00. The van der Waals surface area contributed by atoms with Gasteiger partial charge in [0.15, 0.2) is 0 Å². The van der Waals surface area contributed by atoms with Crippen molar-refractivity contribution >= 4 is 0 Å². The molecule has 0 radical (unpaired) electrons. The van der Waals surface area contributed by atoms with Crippen molar-refractivity contribution in [3.63, 3.8) is 0 Å². The molecule has 0 fully saturated rings. The summed E-state index contributed by atoms with van der Waals surface area (Å²) in [5.41, 5.74) is 0.587. The van der Waals surface area contributed by atoms with Crippen LogP contribution in [0.25, 0.3) is 0 Å².